The molecule has 2 amide bonds. The van der Waals surface area contributed by atoms with E-state index in [1.165, 1.54) is 6.20 Å². The second-order valence-electron chi connectivity index (χ2n) is 5.14. The number of pyridine rings is 1. The minimum Gasteiger partial charge on any atom is -0.389 e. The van der Waals surface area contributed by atoms with Crippen LogP contribution in [0.25, 0.3) is 11.5 Å². The van der Waals surface area contributed by atoms with Crippen molar-refractivity contribution in [2.45, 2.75) is 32.9 Å². The lowest BCUT2D eigenvalue weighted by atomic mass is 10.2. The van der Waals surface area contributed by atoms with E-state index in [4.69, 9.17) is 0 Å². The number of nitrogens with zero attached hydrogens (tertiary/aromatic N) is 3. The van der Waals surface area contributed by atoms with Crippen molar-refractivity contribution in [3.8, 4) is 11.5 Å². The maximum Gasteiger partial charge on any atom is 0.320 e. The van der Waals surface area contributed by atoms with Gasteiger partial charge in [-0.1, -0.05) is 6.07 Å². The zero-order valence-electron chi connectivity index (χ0n) is 12.7. The summed E-state index contributed by atoms with van der Waals surface area (Å²) in [6.45, 7) is 5.30. The van der Waals surface area contributed by atoms with E-state index in [1.807, 2.05) is 19.9 Å². The summed E-state index contributed by atoms with van der Waals surface area (Å²) >= 11 is 0. The van der Waals surface area contributed by atoms with Gasteiger partial charge in [0.2, 0.25) is 0 Å². The highest BCUT2D eigenvalue weighted by Gasteiger charge is 2.15. The summed E-state index contributed by atoms with van der Waals surface area (Å²) in [5, 5.41) is 15.1. The Bertz CT molecular complexity index is 644. The molecule has 0 aliphatic rings. The van der Waals surface area contributed by atoms with Crippen LogP contribution in [0, 0.1) is 0 Å². The Morgan fingerprint density at radius 3 is 2.59 bits per heavy atom. The van der Waals surface area contributed by atoms with E-state index < -0.39 is 6.10 Å². The summed E-state index contributed by atoms with van der Waals surface area (Å²) < 4.78 is 0. The molecule has 7 heteroatoms. The number of rotatable bonds is 4. The molecule has 0 bridgehead atoms. The van der Waals surface area contributed by atoms with Crippen molar-refractivity contribution >= 4 is 11.8 Å². The molecule has 2 aromatic heterocycles. The third-order valence-electron chi connectivity index (χ3n) is 2.81. The van der Waals surface area contributed by atoms with Gasteiger partial charge in [0.15, 0.2) is 5.82 Å². The zero-order chi connectivity index (χ0) is 16.1. The number of hydrogen-bond acceptors (Lipinski definition) is 5. The first-order valence-electron chi connectivity index (χ1n) is 7.01. The number of urea groups is 1. The molecule has 0 aliphatic heterocycles. The molecule has 1 atom stereocenters. The molecule has 1 unspecified atom stereocenters. The zero-order valence-corrected chi connectivity index (χ0v) is 12.7. The molecule has 22 heavy (non-hydrogen) atoms. The molecule has 0 aliphatic carbocycles. The number of carbonyl (C=O) groups is 1. The topological polar surface area (TPSA) is 100 Å². The lowest BCUT2D eigenvalue weighted by molar-refractivity contribution is 0.199. The average Bonchev–Trinajstić information content (AvgIpc) is 2.47. The van der Waals surface area contributed by atoms with Gasteiger partial charge in [0, 0.05) is 24.0 Å². The number of nitrogens with one attached hydrogen (secondary N) is 2. The van der Waals surface area contributed by atoms with Crippen LogP contribution in [0.5, 0.6) is 0 Å². The van der Waals surface area contributed by atoms with Gasteiger partial charge in [-0.05, 0) is 32.9 Å². The third-order valence-corrected chi connectivity index (χ3v) is 2.81. The predicted molar refractivity (Wildman–Crippen MR) is 83.2 cm³/mol. The standard InChI is InChI=1S/C15H19N5O2/c1-9(2)18-15(22)20-13-11(10(3)21)8-17-14(19-13)12-6-4-5-7-16-12/h4-10,21H,1-3H3,(H2,17,18,19,20,22). The Balaban J connectivity index is 2.34. The first-order chi connectivity index (χ1) is 10.5. The number of aromatic nitrogens is 3. The summed E-state index contributed by atoms with van der Waals surface area (Å²) in [7, 11) is 0. The molecule has 2 rings (SSSR count). The van der Waals surface area contributed by atoms with Crippen LogP contribution in [0.2, 0.25) is 0 Å². The van der Waals surface area contributed by atoms with E-state index >= 15 is 0 Å². The first kappa shape index (κ1) is 15.8. The Labute approximate surface area is 128 Å². The van der Waals surface area contributed by atoms with Gasteiger partial charge in [-0.15, -0.1) is 0 Å². The van der Waals surface area contributed by atoms with E-state index in [-0.39, 0.29) is 17.9 Å². The van der Waals surface area contributed by atoms with E-state index in [0.29, 0.717) is 17.1 Å². The van der Waals surface area contributed by atoms with Gasteiger partial charge in [-0.2, -0.15) is 0 Å². The molecule has 0 saturated heterocycles. The second kappa shape index (κ2) is 6.95. The van der Waals surface area contributed by atoms with Gasteiger partial charge in [0.1, 0.15) is 11.5 Å². The van der Waals surface area contributed by atoms with E-state index in [2.05, 4.69) is 25.6 Å². The molecule has 0 radical (unpaired) electrons. The highest BCUT2D eigenvalue weighted by molar-refractivity contribution is 5.89. The highest BCUT2D eigenvalue weighted by atomic mass is 16.3. The molecule has 2 aromatic rings. The van der Waals surface area contributed by atoms with Crippen molar-refractivity contribution < 1.29 is 9.90 Å². The van der Waals surface area contributed by atoms with Gasteiger partial charge >= 0.3 is 6.03 Å². The third kappa shape index (κ3) is 3.98. The van der Waals surface area contributed by atoms with Crippen molar-refractivity contribution in [3.05, 3.63) is 36.2 Å². The van der Waals surface area contributed by atoms with Gasteiger partial charge in [0.05, 0.1) is 6.10 Å². The SMILES string of the molecule is CC(C)NC(=O)Nc1nc(-c2ccccn2)ncc1C(C)O. The number of carbonyl (C=O) groups excluding carboxylic acids is 1. The highest BCUT2D eigenvalue weighted by Crippen LogP contribution is 2.22. The van der Waals surface area contributed by atoms with Gasteiger partial charge in [-0.3, -0.25) is 10.3 Å². The van der Waals surface area contributed by atoms with Gasteiger partial charge in [-0.25, -0.2) is 14.8 Å². The lowest BCUT2D eigenvalue weighted by Crippen LogP contribution is -2.34. The summed E-state index contributed by atoms with van der Waals surface area (Å²) in [6, 6.07) is 5.00. The smallest absolute Gasteiger partial charge is 0.320 e. The monoisotopic (exact) mass is 301 g/mol. The summed E-state index contributed by atoms with van der Waals surface area (Å²) in [5.74, 6) is 0.647. The number of amides is 2. The number of aliphatic hydroxyl groups excluding tert-OH is 1. The molecule has 2 heterocycles. The van der Waals surface area contributed by atoms with E-state index in [0.717, 1.165) is 0 Å². The first-order valence-corrected chi connectivity index (χ1v) is 7.01. The van der Waals surface area contributed by atoms with E-state index in [1.54, 1.807) is 25.3 Å². The van der Waals surface area contributed by atoms with Crippen LogP contribution in [0.3, 0.4) is 0 Å². The molecule has 7 nitrogen and oxygen atoms in total. The van der Waals surface area contributed by atoms with Crippen LogP contribution in [0.4, 0.5) is 10.6 Å². The molecular formula is C15H19N5O2. The minimum atomic E-state index is -0.799. The molecule has 3 N–H and O–H groups in total. The van der Waals surface area contributed by atoms with Crippen molar-refractivity contribution in [1.29, 1.82) is 0 Å². The van der Waals surface area contributed by atoms with E-state index in [9.17, 15) is 9.90 Å². The fourth-order valence-electron chi connectivity index (χ4n) is 1.82. The number of aliphatic hydroxyl groups is 1. The quantitative estimate of drug-likeness (QED) is 0.803. The lowest BCUT2D eigenvalue weighted by Gasteiger charge is -2.14. The second-order valence-corrected chi connectivity index (χ2v) is 5.14. The largest absolute Gasteiger partial charge is 0.389 e. The minimum absolute atomic E-state index is 0.00732. The molecule has 0 saturated carbocycles. The maximum absolute atomic E-state index is 11.9. The number of anilines is 1. The van der Waals surface area contributed by atoms with Crippen molar-refractivity contribution in [3.63, 3.8) is 0 Å². The van der Waals surface area contributed by atoms with Crippen LogP contribution in [-0.2, 0) is 0 Å². The van der Waals surface area contributed by atoms with Crippen LogP contribution in [-0.4, -0.2) is 32.1 Å². The van der Waals surface area contributed by atoms with Crippen molar-refractivity contribution in [1.82, 2.24) is 20.3 Å². The average molecular weight is 301 g/mol. The molecular weight excluding hydrogens is 282 g/mol. The Kier molecular flexibility index (Phi) is 5.00. The van der Waals surface area contributed by atoms with Gasteiger partial charge < -0.3 is 10.4 Å². The van der Waals surface area contributed by atoms with Crippen molar-refractivity contribution in [2.24, 2.45) is 0 Å². The van der Waals surface area contributed by atoms with Crippen LogP contribution < -0.4 is 10.6 Å². The number of hydrogen-bond donors (Lipinski definition) is 3. The Morgan fingerprint density at radius 1 is 1.23 bits per heavy atom. The predicted octanol–water partition coefficient (Wildman–Crippen LogP) is 2.12. The van der Waals surface area contributed by atoms with Crippen LogP contribution >= 0.6 is 0 Å². The van der Waals surface area contributed by atoms with Crippen LogP contribution in [0.1, 0.15) is 32.4 Å². The summed E-state index contributed by atoms with van der Waals surface area (Å²) in [5.41, 5.74) is 1.03. The maximum atomic E-state index is 11.9. The normalized spacial score (nSPS) is 12.0. The van der Waals surface area contributed by atoms with Crippen molar-refractivity contribution in [2.75, 3.05) is 5.32 Å². The molecule has 0 fully saturated rings. The molecule has 116 valence electrons. The molecule has 0 aromatic carbocycles. The fraction of sp³-hybridized carbons (Fsp3) is 0.333. The molecule has 0 spiro atoms. The Hall–Kier alpha value is -2.54. The van der Waals surface area contributed by atoms with Gasteiger partial charge in [0.25, 0.3) is 0 Å². The fourth-order valence-corrected chi connectivity index (χ4v) is 1.82. The summed E-state index contributed by atoms with van der Waals surface area (Å²) in [4.78, 5) is 24.5. The van der Waals surface area contributed by atoms with Crippen LogP contribution in [0.15, 0.2) is 30.6 Å². The summed E-state index contributed by atoms with van der Waals surface area (Å²) in [6.07, 6.45) is 2.33. The Morgan fingerprint density at radius 2 is 2.00 bits per heavy atom.